The molecule has 0 aliphatic carbocycles. The number of carbonyl (C=O) groups excluding carboxylic acids is 1. The maximum Gasteiger partial charge on any atom is 0.320 e. The number of nitrogens with zero attached hydrogens (tertiary/aromatic N) is 5. The minimum absolute atomic E-state index is 0.184. The maximum absolute atomic E-state index is 13.7. The highest BCUT2D eigenvalue weighted by Gasteiger charge is 2.29. The van der Waals surface area contributed by atoms with E-state index in [1.54, 1.807) is 43.0 Å². The molecular formula is C18H20F2N8O. The van der Waals surface area contributed by atoms with E-state index in [2.05, 4.69) is 36.0 Å². The van der Waals surface area contributed by atoms with Crippen LogP contribution in [-0.4, -0.2) is 37.8 Å². The first-order chi connectivity index (χ1) is 13.7. The van der Waals surface area contributed by atoms with Crippen molar-refractivity contribution >= 4 is 23.4 Å². The van der Waals surface area contributed by atoms with Gasteiger partial charge in [0.05, 0.1) is 11.4 Å². The standard InChI is InChI=1S/C18H20F2N8O/c1-10-7-15(25-16(23-10)18(2,19)20)24-13-8-14(26-17(29)21-3)22-9-11(13)12-5-6-28(4)27-12/h5-9H,1-4H3,(H3,21,22,23,24,25,26,29). The molecule has 3 heterocycles. The second kappa shape index (κ2) is 7.78. The van der Waals surface area contributed by atoms with Crippen molar-refractivity contribution in [2.24, 2.45) is 7.05 Å². The summed E-state index contributed by atoms with van der Waals surface area (Å²) in [5.74, 6) is -3.32. The molecule has 2 amide bonds. The predicted molar refractivity (Wildman–Crippen MR) is 104 cm³/mol. The highest BCUT2D eigenvalue weighted by molar-refractivity contribution is 5.90. The van der Waals surface area contributed by atoms with Crippen molar-refractivity contribution in [3.05, 3.63) is 42.1 Å². The van der Waals surface area contributed by atoms with Crippen molar-refractivity contribution in [2.75, 3.05) is 17.7 Å². The van der Waals surface area contributed by atoms with Gasteiger partial charge in [-0.15, -0.1) is 0 Å². The van der Waals surface area contributed by atoms with Gasteiger partial charge in [0, 0.05) is 56.8 Å². The van der Waals surface area contributed by atoms with Gasteiger partial charge in [-0.3, -0.25) is 10.00 Å². The second-order valence-electron chi connectivity index (χ2n) is 6.43. The lowest BCUT2D eigenvalue weighted by Gasteiger charge is -2.15. The molecule has 11 heteroatoms. The molecule has 3 N–H and O–H groups in total. The zero-order chi connectivity index (χ0) is 21.2. The third kappa shape index (κ3) is 4.81. The predicted octanol–water partition coefficient (Wildman–Crippen LogP) is 3.19. The van der Waals surface area contributed by atoms with Crippen molar-refractivity contribution < 1.29 is 13.6 Å². The summed E-state index contributed by atoms with van der Waals surface area (Å²) in [4.78, 5) is 23.6. The Balaban J connectivity index is 2.05. The van der Waals surface area contributed by atoms with Crippen LogP contribution in [0.2, 0.25) is 0 Å². The van der Waals surface area contributed by atoms with E-state index in [0.717, 1.165) is 6.92 Å². The summed E-state index contributed by atoms with van der Waals surface area (Å²) >= 11 is 0. The average Bonchev–Trinajstić information content (AvgIpc) is 3.06. The SMILES string of the molecule is CNC(=O)Nc1cc(Nc2cc(C)nc(C(C)(F)F)n2)c(-c2ccn(C)n2)cn1. The number of alkyl halides is 2. The molecule has 3 aromatic rings. The lowest BCUT2D eigenvalue weighted by Crippen LogP contribution is -2.25. The number of hydrogen-bond donors (Lipinski definition) is 3. The smallest absolute Gasteiger partial charge is 0.320 e. The molecule has 3 aromatic heterocycles. The molecule has 29 heavy (non-hydrogen) atoms. The van der Waals surface area contributed by atoms with Crippen molar-refractivity contribution in [1.29, 1.82) is 0 Å². The van der Waals surface area contributed by atoms with Crippen LogP contribution in [0.3, 0.4) is 0 Å². The van der Waals surface area contributed by atoms with E-state index in [1.807, 2.05) is 0 Å². The quantitative estimate of drug-likeness (QED) is 0.605. The molecule has 152 valence electrons. The number of amides is 2. The largest absolute Gasteiger partial charge is 0.341 e. The number of urea groups is 1. The summed E-state index contributed by atoms with van der Waals surface area (Å²) in [5, 5.41) is 12.4. The Morgan fingerprint density at radius 2 is 1.97 bits per heavy atom. The van der Waals surface area contributed by atoms with Gasteiger partial charge in [0.2, 0.25) is 5.82 Å². The zero-order valence-corrected chi connectivity index (χ0v) is 16.3. The van der Waals surface area contributed by atoms with Crippen molar-refractivity contribution in [3.63, 3.8) is 0 Å². The third-order valence-electron chi connectivity index (χ3n) is 3.87. The van der Waals surface area contributed by atoms with E-state index in [-0.39, 0.29) is 11.6 Å². The van der Waals surface area contributed by atoms with Gasteiger partial charge in [-0.25, -0.2) is 19.7 Å². The summed E-state index contributed by atoms with van der Waals surface area (Å²) in [6, 6.07) is 4.45. The van der Waals surface area contributed by atoms with Crippen LogP contribution in [0, 0.1) is 6.92 Å². The molecule has 0 fully saturated rings. The van der Waals surface area contributed by atoms with Crippen molar-refractivity contribution in [2.45, 2.75) is 19.8 Å². The number of aromatic nitrogens is 5. The first-order valence-electron chi connectivity index (χ1n) is 8.65. The summed E-state index contributed by atoms with van der Waals surface area (Å²) in [6.45, 7) is 2.34. The molecule has 0 unspecified atom stereocenters. The Morgan fingerprint density at radius 1 is 1.21 bits per heavy atom. The molecule has 0 radical (unpaired) electrons. The number of rotatable bonds is 5. The molecule has 3 rings (SSSR count). The van der Waals surface area contributed by atoms with E-state index in [1.165, 1.54) is 13.2 Å². The zero-order valence-electron chi connectivity index (χ0n) is 16.3. The Labute approximate surface area is 165 Å². The minimum atomic E-state index is -3.18. The Morgan fingerprint density at radius 3 is 2.59 bits per heavy atom. The average molecular weight is 402 g/mol. The van der Waals surface area contributed by atoms with Crippen LogP contribution in [0.1, 0.15) is 18.4 Å². The first-order valence-corrected chi connectivity index (χ1v) is 8.65. The second-order valence-corrected chi connectivity index (χ2v) is 6.43. The van der Waals surface area contributed by atoms with Crippen LogP contribution in [-0.2, 0) is 13.0 Å². The highest BCUT2D eigenvalue weighted by atomic mass is 19.3. The number of halogens is 2. The van der Waals surface area contributed by atoms with Crippen LogP contribution in [0.15, 0.2) is 30.6 Å². The van der Waals surface area contributed by atoms with Crippen LogP contribution in [0.25, 0.3) is 11.3 Å². The molecule has 0 aliphatic rings. The number of nitrogens with one attached hydrogen (secondary N) is 3. The lowest BCUT2D eigenvalue weighted by molar-refractivity contribution is 0.00766. The van der Waals surface area contributed by atoms with Crippen LogP contribution in [0.5, 0.6) is 0 Å². The molecule has 0 spiro atoms. The fourth-order valence-electron chi connectivity index (χ4n) is 2.54. The summed E-state index contributed by atoms with van der Waals surface area (Å²) in [5.41, 5.74) is 2.08. The van der Waals surface area contributed by atoms with Crippen LogP contribution < -0.4 is 16.0 Å². The normalized spacial score (nSPS) is 11.2. The Hall–Kier alpha value is -3.63. The van der Waals surface area contributed by atoms with Gasteiger partial charge in [-0.2, -0.15) is 13.9 Å². The van der Waals surface area contributed by atoms with Gasteiger partial charge < -0.3 is 10.6 Å². The van der Waals surface area contributed by atoms with Crippen LogP contribution in [0.4, 0.5) is 30.9 Å². The highest BCUT2D eigenvalue weighted by Crippen LogP contribution is 2.31. The van der Waals surface area contributed by atoms with Crippen molar-refractivity contribution in [1.82, 2.24) is 30.0 Å². The molecule has 0 saturated carbocycles. The van der Waals surface area contributed by atoms with Crippen LogP contribution >= 0.6 is 0 Å². The minimum Gasteiger partial charge on any atom is -0.341 e. The van der Waals surface area contributed by atoms with E-state index < -0.39 is 17.8 Å². The monoisotopic (exact) mass is 402 g/mol. The third-order valence-corrected chi connectivity index (χ3v) is 3.87. The summed E-state index contributed by atoms with van der Waals surface area (Å²) in [7, 11) is 3.25. The summed E-state index contributed by atoms with van der Waals surface area (Å²) in [6.07, 6.45) is 3.29. The molecule has 0 aliphatic heterocycles. The molecule has 9 nitrogen and oxygen atoms in total. The van der Waals surface area contributed by atoms with Gasteiger partial charge in [-0.1, -0.05) is 0 Å². The van der Waals surface area contributed by atoms with Gasteiger partial charge in [-0.05, 0) is 13.0 Å². The fraction of sp³-hybridized carbons (Fsp3) is 0.278. The van der Waals surface area contributed by atoms with Crippen molar-refractivity contribution in [3.8, 4) is 11.3 Å². The molecular weight excluding hydrogens is 382 g/mol. The first kappa shape index (κ1) is 20.1. The Bertz CT molecular complexity index is 1040. The Kier molecular flexibility index (Phi) is 5.39. The lowest BCUT2D eigenvalue weighted by atomic mass is 10.1. The number of aryl methyl sites for hydroxylation is 2. The van der Waals surface area contributed by atoms with E-state index in [0.29, 0.717) is 22.6 Å². The van der Waals surface area contributed by atoms with E-state index in [4.69, 9.17) is 0 Å². The molecule has 0 saturated heterocycles. The van der Waals surface area contributed by atoms with Gasteiger partial charge in [0.15, 0.2) is 0 Å². The number of carbonyl (C=O) groups is 1. The topological polar surface area (TPSA) is 110 Å². The van der Waals surface area contributed by atoms with Gasteiger partial charge in [0.1, 0.15) is 11.6 Å². The fourth-order valence-corrected chi connectivity index (χ4v) is 2.54. The number of pyridine rings is 1. The molecule has 0 bridgehead atoms. The number of hydrogen-bond acceptors (Lipinski definition) is 6. The van der Waals surface area contributed by atoms with Gasteiger partial charge >= 0.3 is 12.0 Å². The maximum atomic E-state index is 13.7. The number of anilines is 3. The van der Waals surface area contributed by atoms with E-state index >= 15 is 0 Å². The molecule has 0 atom stereocenters. The molecule has 0 aromatic carbocycles. The van der Waals surface area contributed by atoms with Gasteiger partial charge in [0.25, 0.3) is 0 Å². The van der Waals surface area contributed by atoms with E-state index in [9.17, 15) is 13.6 Å². The summed E-state index contributed by atoms with van der Waals surface area (Å²) < 4.78 is 29.1.